The molecule has 0 aliphatic heterocycles. The van der Waals surface area contributed by atoms with Crippen LogP contribution in [-0.2, 0) is 9.53 Å². The van der Waals surface area contributed by atoms with Gasteiger partial charge in [-0.3, -0.25) is 10.1 Å². The normalized spacial score (nSPS) is 22.7. The molecule has 1 aromatic rings. The molecule has 0 bridgehead atoms. The van der Waals surface area contributed by atoms with Gasteiger partial charge < -0.3 is 9.15 Å². The monoisotopic (exact) mass is 265 g/mol. The van der Waals surface area contributed by atoms with E-state index in [9.17, 15) is 14.9 Å². The second-order valence-electron chi connectivity index (χ2n) is 4.36. The number of carbonyl (C=O) groups excluding carboxylic acids is 1. The highest BCUT2D eigenvalue weighted by atomic mass is 16.6. The Hall–Kier alpha value is -2.11. The zero-order valence-corrected chi connectivity index (χ0v) is 10.6. The van der Waals surface area contributed by atoms with Crippen LogP contribution in [0.2, 0.25) is 0 Å². The molecular formula is C13H15NO5. The van der Waals surface area contributed by atoms with Gasteiger partial charge in [-0.15, -0.1) is 0 Å². The summed E-state index contributed by atoms with van der Waals surface area (Å²) in [5.74, 6) is -0.212. The van der Waals surface area contributed by atoms with E-state index in [2.05, 4.69) is 0 Å². The van der Waals surface area contributed by atoms with Gasteiger partial charge >= 0.3 is 5.97 Å². The minimum absolute atomic E-state index is 0.0806. The molecule has 102 valence electrons. The Morgan fingerprint density at radius 1 is 1.63 bits per heavy atom. The minimum Gasteiger partial charge on any atom is -0.469 e. The lowest BCUT2D eigenvalue weighted by Crippen LogP contribution is -2.32. The van der Waals surface area contributed by atoms with Crippen LogP contribution < -0.4 is 0 Å². The van der Waals surface area contributed by atoms with Gasteiger partial charge in [0, 0.05) is 16.9 Å². The van der Waals surface area contributed by atoms with E-state index < -0.39 is 12.0 Å². The van der Waals surface area contributed by atoms with Crippen LogP contribution in [0, 0.1) is 10.1 Å². The molecule has 2 unspecified atom stereocenters. The summed E-state index contributed by atoms with van der Waals surface area (Å²) < 4.78 is 10.1. The maximum absolute atomic E-state index is 11.6. The fraction of sp³-hybridized carbons (Fsp3) is 0.462. The van der Waals surface area contributed by atoms with Crippen molar-refractivity contribution in [2.24, 2.45) is 0 Å². The summed E-state index contributed by atoms with van der Waals surface area (Å²) >= 11 is 0. The van der Waals surface area contributed by atoms with Gasteiger partial charge in [0.2, 0.25) is 6.04 Å². The first-order valence-corrected chi connectivity index (χ1v) is 6.16. The number of nitro groups is 1. The smallest absolute Gasteiger partial charge is 0.333 e. The number of furan rings is 1. The summed E-state index contributed by atoms with van der Waals surface area (Å²) in [6.45, 7) is 1.97. The van der Waals surface area contributed by atoms with Gasteiger partial charge in [-0.05, 0) is 25.5 Å². The Morgan fingerprint density at radius 2 is 2.42 bits per heavy atom. The molecule has 2 atom stereocenters. The van der Waals surface area contributed by atoms with Crippen molar-refractivity contribution < 1.29 is 18.9 Å². The van der Waals surface area contributed by atoms with Crippen LogP contribution >= 0.6 is 0 Å². The Kier molecular flexibility index (Phi) is 3.99. The highest BCUT2D eigenvalue weighted by Crippen LogP contribution is 2.34. The third kappa shape index (κ3) is 2.83. The molecule has 0 saturated carbocycles. The van der Waals surface area contributed by atoms with Crippen molar-refractivity contribution in [3.8, 4) is 0 Å². The molecule has 1 heterocycles. The number of allylic oxidation sites excluding steroid dienone is 1. The van der Waals surface area contributed by atoms with E-state index in [1.807, 2.05) is 0 Å². The van der Waals surface area contributed by atoms with Crippen LogP contribution in [0.4, 0.5) is 0 Å². The molecule has 0 aromatic carbocycles. The topological polar surface area (TPSA) is 82.6 Å². The Balaban J connectivity index is 2.20. The van der Waals surface area contributed by atoms with Crippen LogP contribution in [0.25, 0.3) is 0 Å². The third-order valence-corrected chi connectivity index (χ3v) is 3.23. The standard InChI is InChI=1S/C13H15NO5/c1-2-18-13(15)9-5-6-10(11(8-9)14(16)17)12-4-3-7-19-12/h3-5,7,10-11H,2,6,8H2,1H3. The summed E-state index contributed by atoms with van der Waals surface area (Å²) in [5.41, 5.74) is 0.381. The van der Waals surface area contributed by atoms with E-state index in [1.54, 1.807) is 25.1 Å². The zero-order valence-electron chi connectivity index (χ0n) is 10.6. The highest BCUT2D eigenvalue weighted by molar-refractivity contribution is 5.88. The predicted octanol–water partition coefficient (Wildman–Crippen LogP) is 2.29. The summed E-state index contributed by atoms with van der Waals surface area (Å²) in [6.07, 6.45) is 3.70. The summed E-state index contributed by atoms with van der Waals surface area (Å²) in [4.78, 5) is 22.4. The minimum atomic E-state index is -0.851. The van der Waals surface area contributed by atoms with Crippen molar-refractivity contribution in [2.45, 2.75) is 31.7 Å². The number of carbonyl (C=O) groups is 1. The highest BCUT2D eigenvalue weighted by Gasteiger charge is 2.39. The molecule has 0 spiro atoms. The molecule has 2 rings (SSSR count). The van der Waals surface area contributed by atoms with Crippen LogP contribution in [0.5, 0.6) is 0 Å². The molecule has 1 aromatic heterocycles. The Labute approximate surface area is 110 Å². The SMILES string of the molecule is CCOC(=O)C1=CCC(c2ccco2)C([N+](=O)[O-])C1. The van der Waals surface area contributed by atoms with Crippen LogP contribution in [0.3, 0.4) is 0 Å². The number of nitrogens with zero attached hydrogens (tertiary/aromatic N) is 1. The van der Waals surface area contributed by atoms with E-state index in [1.165, 1.54) is 6.26 Å². The van der Waals surface area contributed by atoms with Crippen molar-refractivity contribution in [1.29, 1.82) is 0 Å². The number of hydrogen-bond donors (Lipinski definition) is 0. The Morgan fingerprint density at radius 3 is 3.00 bits per heavy atom. The van der Waals surface area contributed by atoms with Crippen LogP contribution in [0.1, 0.15) is 31.4 Å². The second kappa shape index (κ2) is 5.69. The quantitative estimate of drug-likeness (QED) is 0.474. The van der Waals surface area contributed by atoms with Crippen molar-refractivity contribution >= 4 is 5.97 Å². The molecule has 0 saturated heterocycles. The lowest BCUT2D eigenvalue weighted by molar-refractivity contribution is -0.527. The summed E-state index contributed by atoms with van der Waals surface area (Å²) in [7, 11) is 0. The first-order chi connectivity index (χ1) is 9.13. The first-order valence-electron chi connectivity index (χ1n) is 6.16. The molecule has 6 heteroatoms. The van der Waals surface area contributed by atoms with Crippen LogP contribution in [0.15, 0.2) is 34.5 Å². The van der Waals surface area contributed by atoms with E-state index >= 15 is 0 Å². The van der Waals surface area contributed by atoms with Crippen molar-refractivity contribution in [2.75, 3.05) is 6.61 Å². The third-order valence-electron chi connectivity index (χ3n) is 3.23. The van der Waals surface area contributed by atoms with Crippen molar-refractivity contribution in [3.63, 3.8) is 0 Å². The molecule has 0 fully saturated rings. The Bertz CT molecular complexity index is 491. The number of hydrogen-bond acceptors (Lipinski definition) is 5. The van der Waals surface area contributed by atoms with Crippen molar-refractivity contribution in [1.82, 2.24) is 0 Å². The molecular weight excluding hydrogens is 250 g/mol. The van der Waals surface area contributed by atoms with Gasteiger partial charge in [-0.25, -0.2) is 4.79 Å². The largest absolute Gasteiger partial charge is 0.469 e. The van der Waals surface area contributed by atoms with Crippen LogP contribution in [-0.4, -0.2) is 23.5 Å². The van der Waals surface area contributed by atoms with E-state index in [-0.39, 0.29) is 23.9 Å². The second-order valence-corrected chi connectivity index (χ2v) is 4.36. The average molecular weight is 265 g/mol. The first kappa shape index (κ1) is 13.3. The van der Waals surface area contributed by atoms with E-state index in [4.69, 9.17) is 9.15 Å². The van der Waals surface area contributed by atoms with Gasteiger partial charge in [0.05, 0.1) is 18.8 Å². The van der Waals surface area contributed by atoms with Gasteiger partial charge in [-0.1, -0.05) is 6.08 Å². The van der Waals surface area contributed by atoms with Gasteiger partial charge in [0.1, 0.15) is 5.76 Å². The van der Waals surface area contributed by atoms with Crippen molar-refractivity contribution in [3.05, 3.63) is 45.9 Å². The molecule has 0 radical (unpaired) electrons. The summed E-state index contributed by atoms with van der Waals surface area (Å²) in [6, 6.07) is 2.58. The average Bonchev–Trinajstić information content (AvgIpc) is 2.92. The molecule has 1 aliphatic carbocycles. The zero-order chi connectivity index (χ0) is 13.8. The van der Waals surface area contributed by atoms with Gasteiger partial charge in [0.25, 0.3) is 0 Å². The molecule has 19 heavy (non-hydrogen) atoms. The maximum atomic E-state index is 11.6. The molecule has 0 N–H and O–H groups in total. The maximum Gasteiger partial charge on any atom is 0.333 e. The number of esters is 1. The van der Waals surface area contributed by atoms with E-state index in [0.717, 1.165) is 0 Å². The number of ether oxygens (including phenoxy) is 1. The van der Waals surface area contributed by atoms with Gasteiger partial charge in [-0.2, -0.15) is 0 Å². The fourth-order valence-electron chi connectivity index (χ4n) is 2.30. The lowest BCUT2D eigenvalue weighted by atomic mass is 9.83. The lowest BCUT2D eigenvalue weighted by Gasteiger charge is -2.23. The fourth-order valence-corrected chi connectivity index (χ4v) is 2.30. The predicted molar refractivity (Wildman–Crippen MR) is 66.2 cm³/mol. The molecule has 0 amide bonds. The summed E-state index contributed by atoms with van der Waals surface area (Å²) in [5, 5.41) is 11.2. The molecule has 1 aliphatic rings. The van der Waals surface area contributed by atoms with E-state index in [0.29, 0.717) is 17.8 Å². The molecule has 6 nitrogen and oxygen atoms in total. The van der Waals surface area contributed by atoms with Gasteiger partial charge in [0.15, 0.2) is 0 Å². The number of rotatable bonds is 4.